The van der Waals surface area contributed by atoms with Crippen molar-refractivity contribution in [3.8, 4) is 0 Å². The predicted octanol–water partition coefficient (Wildman–Crippen LogP) is 1.61. The lowest BCUT2D eigenvalue weighted by molar-refractivity contribution is 0.0953. The SMILES string of the molecule is Cl.NNC(=O)c1ccc(F)cc1Br. The Kier molecular flexibility index (Phi) is 4.90. The standard InChI is InChI=1S/C7H6BrFN2O.ClH/c8-6-3-4(9)1-2-5(6)7(12)11-10;/h1-3H,10H2,(H,11,12);1H. The van der Waals surface area contributed by atoms with E-state index in [9.17, 15) is 9.18 Å². The normalized spacial score (nSPS) is 8.85. The Morgan fingerprint density at radius 2 is 2.15 bits per heavy atom. The van der Waals surface area contributed by atoms with Crippen molar-refractivity contribution in [2.75, 3.05) is 0 Å². The first-order valence-electron chi connectivity index (χ1n) is 3.11. The Bertz CT molecular complexity index is 321. The maximum absolute atomic E-state index is 12.5. The number of nitrogen functional groups attached to an aromatic ring is 1. The molecule has 13 heavy (non-hydrogen) atoms. The summed E-state index contributed by atoms with van der Waals surface area (Å²) in [5.41, 5.74) is 2.25. The van der Waals surface area contributed by atoms with E-state index in [1.165, 1.54) is 18.2 Å². The summed E-state index contributed by atoms with van der Waals surface area (Å²) >= 11 is 3.03. The van der Waals surface area contributed by atoms with Gasteiger partial charge >= 0.3 is 0 Å². The summed E-state index contributed by atoms with van der Waals surface area (Å²) < 4.78 is 12.9. The number of hydrazine groups is 1. The molecule has 1 amide bonds. The van der Waals surface area contributed by atoms with Crippen LogP contribution in [0.3, 0.4) is 0 Å². The van der Waals surface area contributed by atoms with Gasteiger partial charge in [0.05, 0.1) is 5.56 Å². The van der Waals surface area contributed by atoms with Crippen LogP contribution in [-0.2, 0) is 0 Å². The van der Waals surface area contributed by atoms with Gasteiger partial charge < -0.3 is 0 Å². The van der Waals surface area contributed by atoms with Gasteiger partial charge in [-0.05, 0) is 34.1 Å². The summed E-state index contributed by atoms with van der Waals surface area (Å²) in [4.78, 5) is 11.0. The molecule has 72 valence electrons. The summed E-state index contributed by atoms with van der Waals surface area (Å²) in [6, 6.07) is 3.74. The maximum Gasteiger partial charge on any atom is 0.266 e. The highest BCUT2D eigenvalue weighted by molar-refractivity contribution is 9.10. The number of benzene rings is 1. The highest BCUT2D eigenvalue weighted by atomic mass is 79.9. The van der Waals surface area contributed by atoms with Crippen LogP contribution < -0.4 is 11.3 Å². The molecular weight excluding hydrogens is 262 g/mol. The number of hydrogen-bond acceptors (Lipinski definition) is 2. The Balaban J connectivity index is 0.00000144. The highest BCUT2D eigenvalue weighted by Crippen LogP contribution is 2.17. The lowest BCUT2D eigenvalue weighted by atomic mass is 10.2. The quantitative estimate of drug-likeness (QED) is 0.462. The molecule has 0 spiro atoms. The summed E-state index contributed by atoms with van der Waals surface area (Å²) in [5.74, 6) is 4.03. The Hall–Kier alpha value is -0.650. The molecule has 0 bridgehead atoms. The zero-order valence-corrected chi connectivity index (χ0v) is 8.78. The Morgan fingerprint density at radius 3 is 2.62 bits per heavy atom. The number of amides is 1. The maximum atomic E-state index is 12.5. The van der Waals surface area contributed by atoms with Gasteiger partial charge in [-0.3, -0.25) is 10.2 Å². The molecular formula is C7H7BrClFN2O. The van der Waals surface area contributed by atoms with E-state index in [1.807, 2.05) is 5.43 Å². The first-order valence-corrected chi connectivity index (χ1v) is 3.90. The van der Waals surface area contributed by atoms with Gasteiger partial charge in [-0.1, -0.05) is 0 Å². The Morgan fingerprint density at radius 1 is 1.54 bits per heavy atom. The molecule has 0 aliphatic rings. The molecule has 1 rings (SSSR count). The molecule has 1 aromatic rings. The van der Waals surface area contributed by atoms with E-state index in [0.717, 1.165) is 0 Å². The van der Waals surface area contributed by atoms with Crippen molar-refractivity contribution in [2.45, 2.75) is 0 Å². The third kappa shape index (κ3) is 2.95. The minimum absolute atomic E-state index is 0. The van der Waals surface area contributed by atoms with Crippen molar-refractivity contribution in [2.24, 2.45) is 5.84 Å². The molecule has 0 saturated heterocycles. The van der Waals surface area contributed by atoms with Crippen LogP contribution in [0.15, 0.2) is 22.7 Å². The smallest absolute Gasteiger partial charge is 0.266 e. The number of hydrogen-bond donors (Lipinski definition) is 2. The number of halogens is 3. The molecule has 0 fully saturated rings. The Labute approximate surface area is 89.0 Å². The summed E-state index contributed by atoms with van der Waals surface area (Å²) in [7, 11) is 0. The minimum Gasteiger partial charge on any atom is -0.290 e. The molecule has 3 nitrogen and oxygen atoms in total. The van der Waals surface area contributed by atoms with Crippen LogP contribution in [0.1, 0.15) is 10.4 Å². The van der Waals surface area contributed by atoms with Crippen LogP contribution in [-0.4, -0.2) is 5.91 Å². The fraction of sp³-hybridized carbons (Fsp3) is 0. The van der Waals surface area contributed by atoms with Gasteiger partial charge in [-0.2, -0.15) is 0 Å². The van der Waals surface area contributed by atoms with Crippen molar-refractivity contribution >= 4 is 34.2 Å². The molecule has 0 saturated carbocycles. The first kappa shape index (κ1) is 12.3. The molecule has 0 atom stereocenters. The van der Waals surface area contributed by atoms with Gasteiger partial charge in [0.2, 0.25) is 0 Å². The van der Waals surface area contributed by atoms with Crippen molar-refractivity contribution in [3.63, 3.8) is 0 Å². The van der Waals surface area contributed by atoms with Gasteiger partial charge in [-0.25, -0.2) is 10.2 Å². The zero-order valence-electron chi connectivity index (χ0n) is 6.38. The van der Waals surface area contributed by atoms with Gasteiger partial charge in [0.1, 0.15) is 5.82 Å². The van der Waals surface area contributed by atoms with Crippen LogP contribution >= 0.6 is 28.3 Å². The summed E-state index contributed by atoms with van der Waals surface area (Å²) in [6.45, 7) is 0. The average molecular weight is 270 g/mol. The van der Waals surface area contributed by atoms with Gasteiger partial charge in [0.25, 0.3) is 5.91 Å². The fourth-order valence-corrected chi connectivity index (χ4v) is 1.28. The van der Waals surface area contributed by atoms with Crippen LogP contribution in [0.25, 0.3) is 0 Å². The largest absolute Gasteiger partial charge is 0.290 e. The van der Waals surface area contributed by atoms with Gasteiger partial charge in [-0.15, -0.1) is 12.4 Å². The number of carbonyl (C=O) groups excluding carboxylic acids is 1. The van der Waals surface area contributed by atoms with Crippen molar-refractivity contribution < 1.29 is 9.18 Å². The fourth-order valence-electron chi connectivity index (χ4n) is 0.751. The van der Waals surface area contributed by atoms with E-state index < -0.39 is 11.7 Å². The van der Waals surface area contributed by atoms with Crippen LogP contribution in [0.2, 0.25) is 0 Å². The molecule has 1 aromatic carbocycles. The third-order valence-electron chi connectivity index (χ3n) is 1.31. The van der Waals surface area contributed by atoms with Crippen LogP contribution in [0, 0.1) is 5.82 Å². The van der Waals surface area contributed by atoms with Gasteiger partial charge in [0.15, 0.2) is 0 Å². The molecule has 0 aliphatic heterocycles. The topological polar surface area (TPSA) is 55.1 Å². The van der Waals surface area contributed by atoms with Crippen LogP contribution in [0.4, 0.5) is 4.39 Å². The second-order valence-electron chi connectivity index (χ2n) is 2.10. The number of rotatable bonds is 1. The third-order valence-corrected chi connectivity index (χ3v) is 1.96. The minimum atomic E-state index is -0.457. The first-order chi connectivity index (χ1) is 5.65. The lowest BCUT2D eigenvalue weighted by Gasteiger charge is -2.01. The van der Waals surface area contributed by atoms with E-state index in [1.54, 1.807) is 0 Å². The van der Waals surface area contributed by atoms with E-state index >= 15 is 0 Å². The van der Waals surface area contributed by atoms with E-state index in [-0.39, 0.29) is 12.4 Å². The van der Waals surface area contributed by atoms with E-state index in [2.05, 4.69) is 15.9 Å². The second-order valence-corrected chi connectivity index (χ2v) is 2.95. The molecule has 6 heteroatoms. The number of nitrogens with one attached hydrogen (secondary N) is 1. The van der Waals surface area contributed by atoms with E-state index in [0.29, 0.717) is 10.0 Å². The van der Waals surface area contributed by atoms with Crippen molar-refractivity contribution in [1.82, 2.24) is 5.43 Å². The molecule has 3 N–H and O–H groups in total. The lowest BCUT2D eigenvalue weighted by Crippen LogP contribution is -2.30. The number of nitrogens with two attached hydrogens (primary N) is 1. The highest BCUT2D eigenvalue weighted by Gasteiger charge is 2.08. The molecule has 0 aliphatic carbocycles. The van der Waals surface area contributed by atoms with Crippen molar-refractivity contribution in [1.29, 1.82) is 0 Å². The molecule has 0 radical (unpaired) electrons. The van der Waals surface area contributed by atoms with Crippen molar-refractivity contribution in [3.05, 3.63) is 34.1 Å². The summed E-state index contributed by atoms with van der Waals surface area (Å²) in [6.07, 6.45) is 0. The number of carbonyl (C=O) groups is 1. The second kappa shape index (κ2) is 5.16. The zero-order chi connectivity index (χ0) is 9.14. The molecule has 0 heterocycles. The summed E-state index contributed by atoms with van der Waals surface area (Å²) in [5, 5.41) is 0. The predicted molar refractivity (Wildman–Crippen MR) is 53.0 cm³/mol. The molecule has 0 unspecified atom stereocenters. The monoisotopic (exact) mass is 268 g/mol. The average Bonchev–Trinajstić information content (AvgIpc) is 2.03. The van der Waals surface area contributed by atoms with E-state index in [4.69, 9.17) is 5.84 Å². The van der Waals surface area contributed by atoms with Crippen LogP contribution in [0.5, 0.6) is 0 Å². The molecule has 0 aromatic heterocycles. The van der Waals surface area contributed by atoms with Gasteiger partial charge in [0, 0.05) is 4.47 Å².